The highest BCUT2D eigenvalue weighted by molar-refractivity contribution is 7.83. The van der Waals surface area contributed by atoms with Gasteiger partial charge in [-0.25, -0.2) is 9.97 Å². The van der Waals surface area contributed by atoms with Gasteiger partial charge in [0.25, 0.3) is 0 Å². The van der Waals surface area contributed by atoms with Crippen molar-refractivity contribution in [2.45, 2.75) is 27.7 Å². The van der Waals surface area contributed by atoms with E-state index < -0.39 is 0 Å². The number of hydrogen-bond acceptors (Lipinski definition) is 7. The van der Waals surface area contributed by atoms with Gasteiger partial charge in [-0.1, -0.05) is 58.5 Å². The molecule has 0 bridgehead atoms. The third-order valence-corrected chi connectivity index (χ3v) is 6.38. The van der Waals surface area contributed by atoms with E-state index in [0.717, 1.165) is 32.5 Å². The molecule has 0 fully saturated rings. The predicted octanol–water partition coefficient (Wildman–Crippen LogP) is 8.84. The second-order valence-electron chi connectivity index (χ2n) is 7.14. The largest absolute Gasteiger partial charge is 0.378 e. The van der Waals surface area contributed by atoms with E-state index >= 15 is 0 Å². The molecule has 0 unspecified atom stereocenters. The second kappa shape index (κ2) is 16.1. The highest BCUT2D eigenvalue weighted by Gasteiger charge is 2.12. The van der Waals surface area contributed by atoms with Crippen LogP contribution in [0.2, 0.25) is 0 Å². The molecular weight excluding hydrogens is 489 g/mol. The first-order valence-corrected chi connectivity index (χ1v) is 13.9. The summed E-state index contributed by atoms with van der Waals surface area (Å²) >= 11 is 6.84. The summed E-state index contributed by atoms with van der Waals surface area (Å²) in [6, 6.07) is 16.9. The molecule has 0 radical (unpaired) electrons. The van der Waals surface area contributed by atoms with Crippen molar-refractivity contribution in [3.05, 3.63) is 71.3 Å². The molecule has 4 nitrogen and oxygen atoms in total. The molecule has 2 aromatic carbocycles. The van der Waals surface area contributed by atoms with Gasteiger partial charge >= 0.3 is 0 Å². The van der Waals surface area contributed by atoms with E-state index in [1.54, 1.807) is 22.7 Å². The molecule has 0 saturated carbocycles. The SMILES string of the molecule is C=CS.CC.CC.CN(C)c1ccc(-c2csc(-c3nc(-c4ccc(N(C)C)cc4)cs3)n2)cc1. The second-order valence-corrected chi connectivity index (χ2v) is 9.22. The fraction of sp³-hybridized carbons (Fsp3) is 0.286. The molecule has 0 N–H and O–H groups in total. The van der Waals surface area contributed by atoms with Crippen molar-refractivity contribution >= 4 is 46.7 Å². The van der Waals surface area contributed by atoms with Crippen molar-refractivity contribution in [3.8, 4) is 32.5 Å². The topological polar surface area (TPSA) is 32.3 Å². The zero-order chi connectivity index (χ0) is 26.4. The van der Waals surface area contributed by atoms with E-state index in [1.165, 1.54) is 16.8 Å². The summed E-state index contributed by atoms with van der Waals surface area (Å²) in [4.78, 5) is 13.8. The van der Waals surface area contributed by atoms with Crippen LogP contribution < -0.4 is 9.80 Å². The molecule has 4 aromatic rings. The van der Waals surface area contributed by atoms with Gasteiger partial charge in [-0.05, 0) is 29.7 Å². The van der Waals surface area contributed by atoms with E-state index in [0.29, 0.717) is 0 Å². The summed E-state index contributed by atoms with van der Waals surface area (Å²) in [7, 11) is 8.18. The van der Waals surface area contributed by atoms with Crippen molar-refractivity contribution in [1.29, 1.82) is 0 Å². The zero-order valence-corrected chi connectivity index (χ0v) is 24.6. The Kier molecular flexibility index (Phi) is 14.0. The number of thiazole rings is 2. The summed E-state index contributed by atoms with van der Waals surface area (Å²) in [5, 5.41) is 7.58. The van der Waals surface area contributed by atoms with Crippen LogP contribution in [-0.4, -0.2) is 38.2 Å². The van der Waals surface area contributed by atoms with Crippen LogP contribution in [0.1, 0.15) is 27.7 Å². The molecule has 35 heavy (non-hydrogen) atoms. The lowest BCUT2D eigenvalue weighted by atomic mass is 10.1. The quantitative estimate of drug-likeness (QED) is 0.263. The van der Waals surface area contributed by atoms with Crippen LogP contribution in [-0.2, 0) is 0 Å². The molecule has 0 aliphatic heterocycles. The Labute approximate surface area is 225 Å². The Morgan fingerprint density at radius 2 is 0.943 bits per heavy atom. The smallest absolute Gasteiger partial charge is 0.152 e. The Balaban J connectivity index is 0.000000797. The molecule has 188 valence electrons. The summed E-state index contributed by atoms with van der Waals surface area (Å²) < 4.78 is 0. The Bertz CT molecular complexity index is 1020. The van der Waals surface area contributed by atoms with Gasteiger partial charge in [0, 0.05) is 61.5 Å². The van der Waals surface area contributed by atoms with Crippen LogP contribution in [0.5, 0.6) is 0 Å². The maximum absolute atomic E-state index is 4.82. The lowest BCUT2D eigenvalue weighted by Crippen LogP contribution is -2.07. The van der Waals surface area contributed by atoms with Crippen LogP contribution in [0.3, 0.4) is 0 Å². The van der Waals surface area contributed by atoms with Crippen molar-refractivity contribution in [3.63, 3.8) is 0 Å². The minimum atomic E-state index is 0.966. The van der Waals surface area contributed by atoms with Crippen molar-refractivity contribution in [2.75, 3.05) is 38.0 Å². The summed E-state index contributed by atoms with van der Waals surface area (Å²) in [5.74, 6) is 0. The average molecular weight is 527 g/mol. The zero-order valence-electron chi connectivity index (χ0n) is 22.1. The van der Waals surface area contributed by atoms with Crippen molar-refractivity contribution in [2.24, 2.45) is 0 Å². The molecule has 0 spiro atoms. The molecule has 0 saturated heterocycles. The molecule has 0 amide bonds. The molecule has 0 aliphatic rings. The standard InChI is InChI=1S/C22H22N4S2.C2H4S.2C2H6/c1-25(2)17-9-5-15(6-10-17)19-13-27-21(23-19)22-24-20(14-28-22)16-7-11-18(12-8-16)26(3)4;1-2-3;2*1-2/h5-14H,1-4H3;2-3H,1H2;2*1-2H3. The van der Waals surface area contributed by atoms with Gasteiger partial charge in [0.05, 0.1) is 11.4 Å². The van der Waals surface area contributed by atoms with Gasteiger partial charge in [-0.15, -0.1) is 22.7 Å². The number of nitrogens with zero attached hydrogens (tertiary/aromatic N) is 4. The number of anilines is 2. The highest BCUT2D eigenvalue weighted by atomic mass is 32.1. The number of benzene rings is 2. The van der Waals surface area contributed by atoms with Gasteiger partial charge in [0.15, 0.2) is 10.0 Å². The van der Waals surface area contributed by atoms with E-state index in [4.69, 9.17) is 9.97 Å². The number of aromatic nitrogens is 2. The van der Waals surface area contributed by atoms with Gasteiger partial charge in [-0.2, -0.15) is 12.6 Å². The molecule has 2 aromatic heterocycles. The highest BCUT2D eigenvalue weighted by Crippen LogP contribution is 2.34. The minimum Gasteiger partial charge on any atom is -0.378 e. The maximum atomic E-state index is 4.82. The number of rotatable bonds is 5. The van der Waals surface area contributed by atoms with Crippen LogP contribution in [0, 0.1) is 0 Å². The fourth-order valence-electron chi connectivity index (χ4n) is 2.87. The number of thiol groups is 1. The van der Waals surface area contributed by atoms with Gasteiger partial charge < -0.3 is 9.80 Å². The first kappa shape index (κ1) is 30.4. The Morgan fingerprint density at radius 1 is 0.657 bits per heavy atom. The molecule has 0 atom stereocenters. The van der Waals surface area contributed by atoms with Gasteiger partial charge in [-0.3, -0.25) is 0 Å². The molecule has 4 rings (SSSR count). The van der Waals surface area contributed by atoms with Gasteiger partial charge in [0.2, 0.25) is 0 Å². The van der Waals surface area contributed by atoms with Crippen molar-refractivity contribution in [1.82, 2.24) is 9.97 Å². The fourth-order valence-corrected chi connectivity index (χ4v) is 4.58. The van der Waals surface area contributed by atoms with E-state index in [1.807, 2.05) is 55.9 Å². The van der Waals surface area contributed by atoms with Crippen LogP contribution >= 0.6 is 35.3 Å². The third-order valence-electron chi connectivity index (χ3n) is 4.55. The normalized spacial score (nSPS) is 9.40. The summed E-state index contributed by atoms with van der Waals surface area (Å²) in [5.41, 5.74) is 6.62. The molecule has 2 heterocycles. The molecule has 0 aliphatic carbocycles. The van der Waals surface area contributed by atoms with E-state index in [-0.39, 0.29) is 0 Å². The van der Waals surface area contributed by atoms with Crippen LogP contribution in [0.25, 0.3) is 32.5 Å². The Morgan fingerprint density at radius 3 is 1.20 bits per heavy atom. The third kappa shape index (κ3) is 8.84. The van der Waals surface area contributed by atoms with Crippen LogP contribution in [0.15, 0.2) is 71.3 Å². The summed E-state index contributed by atoms with van der Waals surface area (Å²) in [6.07, 6.45) is 0. The monoisotopic (exact) mass is 526 g/mol. The summed E-state index contributed by atoms with van der Waals surface area (Å²) in [6.45, 7) is 11.2. The van der Waals surface area contributed by atoms with E-state index in [9.17, 15) is 0 Å². The Hall–Kier alpha value is -2.61. The van der Waals surface area contributed by atoms with E-state index in [2.05, 4.69) is 88.3 Å². The first-order valence-electron chi connectivity index (χ1n) is 11.6. The maximum Gasteiger partial charge on any atom is 0.152 e. The lowest BCUT2D eigenvalue weighted by Gasteiger charge is -2.12. The predicted molar refractivity (Wildman–Crippen MR) is 165 cm³/mol. The first-order chi connectivity index (χ1) is 16.9. The van der Waals surface area contributed by atoms with Crippen LogP contribution in [0.4, 0.5) is 11.4 Å². The average Bonchev–Trinajstić information content (AvgIpc) is 3.57. The van der Waals surface area contributed by atoms with Crippen molar-refractivity contribution < 1.29 is 0 Å². The number of hydrogen-bond donors (Lipinski definition) is 1. The molecule has 7 heteroatoms. The lowest BCUT2D eigenvalue weighted by molar-refractivity contribution is 1.13. The molecular formula is C28H38N4S3. The van der Waals surface area contributed by atoms with Gasteiger partial charge in [0.1, 0.15) is 0 Å². The minimum absolute atomic E-state index is 0.966.